The van der Waals surface area contributed by atoms with Crippen molar-refractivity contribution < 1.29 is 4.74 Å². The van der Waals surface area contributed by atoms with E-state index in [0.717, 1.165) is 79.8 Å². The van der Waals surface area contributed by atoms with E-state index in [1.165, 1.54) is 53.0 Å². The van der Waals surface area contributed by atoms with Gasteiger partial charge in [-0.25, -0.2) is 9.97 Å². The van der Waals surface area contributed by atoms with Crippen LogP contribution in [0.4, 0.5) is 0 Å². The summed E-state index contributed by atoms with van der Waals surface area (Å²) in [5.74, 6) is 6.03. The molecule has 1 aliphatic heterocycles. The molecule has 1 aromatic heterocycles. The quantitative estimate of drug-likeness (QED) is 0.185. The number of para-hydroxylation sites is 2. The average Bonchev–Trinajstić information content (AvgIpc) is 3.47. The monoisotopic (exact) mass is 688 g/mol. The molecule has 4 fully saturated rings. The lowest BCUT2D eigenvalue weighted by molar-refractivity contribution is -0.0400. The molecule has 13 rings (SSSR count). The van der Waals surface area contributed by atoms with Crippen LogP contribution < -0.4 is 4.74 Å². The molecule has 1 spiro atoms. The highest BCUT2D eigenvalue weighted by molar-refractivity contribution is 7.99. The van der Waals surface area contributed by atoms with E-state index in [4.69, 9.17) is 14.7 Å². The Bertz CT molecular complexity index is 2570. The van der Waals surface area contributed by atoms with Crippen LogP contribution in [0.3, 0.4) is 0 Å². The van der Waals surface area contributed by atoms with Gasteiger partial charge in [0.05, 0.1) is 21.0 Å². The molecule has 7 aromatic rings. The standard InChI is InChI=1S/C48H36N2OS/c1-2-9-31(10-3-1)45-37-12-5-7-15-41(37)49-47(50-45)32-19-17-30(18-20-32)35-13-8-16-43-46(35)51-42-26-38-36-11-4-6-14-39(36)48(40(38)27-44(42)52-43)33-22-28-21-29(24-33)25-34(48)23-28/h1-20,26-29,33-34H,21-25H2. The van der Waals surface area contributed by atoms with Gasteiger partial charge in [-0.05, 0) is 108 Å². The van der Waals surface area contributed by atoms with Gasteiger partial charge in [0.25, 0.3) is 0 Å². The Morgan fingerprint density at radius 2 is 1.25 bits per heavy atom. The molecule has 52 heavy (non-hydrogen) atoms. The van der Waals surface area contributed by atoms with Gasteiger partial charge in [-0.1, -0.05) is 121 Å². The van der Waals surface area contributed by atoms with Crippen LogP contribution in [0, 0.1) is 23.7 Å². The maximum Gasteiger partial charge on any atom is 0.160 e. The fourth-order valence-electron chi connectivity index (χ4n) is 11.3. The summed E-state index contributed by atoms with van der Waals surface area (Å²) in [6.07, 6.45) is 7.06. The summed E-state index contributed by atoms with van der Waals surface area (Å²) in [5, 5.41) is 1.06. The second-order valence-corrected chi connectivity index (χ2v) is 16.8. The van der Waals surface area contributed by atoms with Crippen molar-refractivity contribution in [3.05, 3.63) is 145 Å². The van der Waals surface area contributed by atoms with Gasteiger partial charge < -0.3 is 4.74 Å². The molecule has 0 saturated heterocycles. The molecule has 0 atom stereocenters. The van der Waals surface area contributed by atoms with Crippen LogP contribution in [-0.4, -0.2) is 9.97 Å². The number of aromatic nitrogens is 2. The molecule has 3 nitrogen and oxygen atoms in total. The molecule has 6 aliphatic rings. The number of ether oxygens (including phenoxy) is 1. The number of hydrogen-bond acceptors (Lipinski definition) is 4. The molecule has 4 saturated carbocycles. The highest BCUT2D eigenvalue weighted by Gasteiger charge is 2.61. The topological polar surface area (TPSA) is 35.0 Å². The Morgan fingerprint density at radius 3 is 2.08 bits per heavy atom. The van der Waals surface area contributed by atoms with Gasteiger partial charge >= 0.3 is 0 Å². The largest absolute Gasteiger partial charge is 0.454 e. The van der Waals surface area contributed by atoms with Gasteiger partial charge in [-0.3, -0.25) is 0 Å². The number of rotatable bonds is 3. The maximum absolute atomic E-state index is 6.98. The highest BCUT2D eigenvalue weighted by Crippen LogP contribution is 2.70. The third-order valence-electron chi connectivity index (χ3n) is 13.1. The maximum atomic E-state index is 6.98. The summed E-state index contributed by atoms with van der Waals surface area (Å²) in [7, 11) is 0. The molecule has 0 N–H and O–H groups in total. The Hall–Kier alpha value is -5.19. The lowest BCUT2D eigenvalue weighted by atomic mass is 9.43. The Morgan fingerprint density at radius 1 is 0.538 bits per heavy atom. The van der Waals surface area contributed by atoms with Crippen molar-refractivity contribution in [3.63, 3.8) is 0 Å². The molecule has 2 heterocycles. The highest BCUT2D eigenvalue weighted by atomic mass is 32.2. The van der Waals surface area contributed by atoms with Gasteiger partial charge in [-0.2, -0.15) is 0 Å². The van der Waals surface area contributed by atoms with Crippen molar-refractivity contribution >= 4 is 22.7 Å². The summed E-state index contributed by atoms with van der Waals surface area (Å²) in [6.45, 7) is 0. The zero-order valence-corrected chi connectivity index (χ0v) is 29.6. The first-order chi connectivity index (χ1) is 25.7. The predicted molar refractivity (Wildman–Crippen MR) is 210 cm³/mol. The number of nitrogens with zero attached hydrogens (tertiary/aromatic N) is 2. The van der Waals surface area contributed by atoms with Crippen molar-refractivity contribution in [2.24, 2.45) is 23.7 Å². The van der Waals surface area contributed by atoms with Crippen LogP contribution in [-0.2, 0) is 5.41 Å². The first kappa shape index (κ1) is 29.4. The van der Waals surface area contributed by atoms with Crippen molar-refractivity contribution in [2.75, 3.05) is 0 Å². The first-order valence-corrected chi connectivity index (χ1v) is 19.7. The number of hydrogen-bond donors (Lipinski definition) is 0. The minimum atomic E-state index is 0.162. The van der Waals surface area contributed by atoms with E-state index in [1.807, 2.05) is 23.9 Å². The summed E-state index contributed by atoms with van der Waals surface area (Å²) < 4.78 is 6.98. The molecule has 6 aromatic carbocycles. The lowest BCUT2D eigenvalue weighted by Gasteiger charge is -2.61. The molecule has 5 aliphatic carbocycles. The van der Waals surface area contributed by atoms with E-state index in [9.17, 15) is 0 Å². The number of benzene rings is 6. The zero-order chi connectivity index (χ0) is 34.0. The zero-order valence-electron chi connectivity index (χ0n) is 28.8. The first-order valence-electron chi connectivity index (χ1n) is 18.9. The van der Waals surface area contributed by atoms with Crippen molar-refractivity contribution in [2.45, 2.75) is 47.3 Å². The molecule has 0 unspecified atom stereocenters. The van der Waals surface area contributed by atoms with E-state index < -0.39 is 0 Å². The van der Waals surface area contributed by atoms with Gasteiger partial charge in [-0.15, -0.1) is 0 Å². The van der Waals surface area contributed by atoms with E-state index in [2.05, 4.69) is 121 Å². The molecule has 250 valence electrons. The van der Waals surface area contributed by atoms with Crippen LogP contribution in [0.2, 0.25) is 0 Å². The summed E-state index contributed by atoms with van der Waals surface area (Å²) in [6, 6.07) is 48.2. The Balaban J connectivity index is 0.919. The fourth-order valence-corrected chi connectivity index (χ4v) is 12.3. The van der Waals surface area contributed by atoms with Gasteiger partial charge in [0.2, 0.25) is 0 Å². The van der Waals surface area contributed by atoms with E-state index >= 15 is 0 Å². The van der Waals surface area contributed by atoms with Crippen LogP contribution in [0.1, 0.15) is 43.2 Å². The van der Waals surface area contributed by atoms with Crippen LogP contribution in [0.15, 0.2) is 143 Å². The Kier molecular flexibility index (Phi) is 6.17. The summed E-state index contributed by atoms with van der Waals surface area (Å²) in [4.78, 5) is 12.5. The van der Waals surface area contributed by atoms with Crippen LogP contribution in [0.25, 0.3) is 55.8 Å². The third kappa shape index (κ3) is 4.10. The molecule has 4 heteroatoms. The van der Waals surface area contributed by atoms with Crippen molar-refractivity contribution in [1.29, 1.82) is 0 Å². The van der Waals surface area contributed by atoms with Crippen LogP contribution >= 0.6 is 11.8 Å². The molecule has 0 radical (unpaired) electrons. The fraction of sp³-hybridized carbons (Fsp3) is 0.208. The van der Waals surface area contributed by atoms with E-state index in [1.54, 1.807) is 11.1 Å². The van der Waals surface area contributed by atoms with Crippen molar-refractivity contribution in [1.82, 2.24) is 9.97 Å². The molecular formula is C48H36N2OS. The van der Waals surface area contributed by atoms with E-state index in [0.29, 0.717) is 0 Å². The molecular weight excluding hydrogens is 653 g/mol. The normalized spacial score (nSPS) is 24.3. The lowest BCUT2D eigenvalue weighted by Crippen LogP contribution is -2.55. The Labute approximate surface area is 308 Å². The second kappa shape index (κ2) is 10.9. The van der Waals surface area contributed by atoms with Gasteiger partial charge in [0, 0.05) is 27.5 Å². The number of fused-ring (bicyclic) bond motifs is 6. The van der Waals surface area contributed by atoms with Crippen molar-refractivity contribution in [3.8, 4) is 56.4 Å². The third-order valence-corrected chi connectivity index (χ3v) is 14.2. The average molecular weight is 689 g/mol. The van der Waals surface area contributed by atoms with Gasteiger partial charge in [0.15, 0.2) is 5.82 Å². The van der Waals surface area contributed by atoms with Crippen LogP contribution in [0.5, 0.6) is 11.5 Å². The predicted octanol–water partition coefficient (Wildman–Crippen LogP) is 12.6. The van der Waals surface area contributed by atoms with E-state index in [-0.39, 0.29) is 5.41 Å². The summed E-state index contributed by atoms with van der Waals surface area (Å²) in [5.41, 5.74) is 12.4. The van der Waals surface area contributed by atoms with Gasteiger partial charge in [0.1, 0.15) is 11.5 Å². The SMILES string of the molecule is c1ccc(-c2nc(-c3ccc(-c4cccc5c4Oc4cc6c(cc4S5)C4(c5ccccc5-6)C5CC6CC(C5)CC4C6)cc3)nc3ccccc23)cc1. The summed E-state index contributed by atoms with van der Waals surface area (Å²) >= 11 is 1.88. The second-order valence-electron chi connectivity index (χ2n) is 15.8. The minimum Gasteiger partial charge on any atom is -0.454 e. The molecule has 0 amide bonds. The molecule has 4 bridgehead atoms. The smallest absolute Gasteiger partial charge is 0.160 e. The minimum absolute atomic E-state index is 0.162.